The zero-order chi connectivity index (χ0) is 16.4. The smallest absolute Gasteiger partial charge is 0.231 e. The average molecular weight is 323 g/mol. The number of aryl methyl sites for hydroxylation is 1. The number of nitrogens with one attached hydrogen (secondary N) is 1. The fourth-order valence-electron chi connectivity index (χ4n) is 3.29. The van der Waals surface area contributed by atoms with Crippen LogP contribution in [-0.4, -0.2) is 12.8 Å². The molecule has 0 bridgehead atoms. The van der Waals surface area contributed by atoms with E-state index in [1.54, 1.807) is 0 Å². The van der Waals surface area contributed by atoms with E-state index in [9.17, 15) is 0 Å². The molecule has 2 aliphatic rings. The Morgan fingerprint density at radius 3 is 2.92 bits per heavy atom. The summed E-state index contributed by atoms with van der Waals surface area (Å²) in [6.07, 6.45) is 4.76. The van der Waals surface area contributed by atoms with Crippen molar-refractivity contribution in [2.24, 2.45) is 10.7 Å². The SMILES string of the molecule is NC(=NCc1ccc2c(c1)OCO2)Nc1cccc2c1CCCC2. The molecule has 0 saturated carbocycles. The molecule has 0 spiro atoms. The van der Waals surface area contributed by atoms with Crippen molar-refractivity contribution >= 4 is 11.6 Å². The van der Waals surface area contributed by atoms with Gasteiger partial charge in [-0.25, -0.2) is 4.99 Å². The van der Waals surface area contributed by atoms with E-state index in [0.717, 1.165) is 35.6 Å². The molecule has 0 unspecified atom stereocenters. The molecule has 5 nitrogen and oxygen atoms in total. The fourth-order valence-corrected chi connectivity index (χ4v) is 3.29. The number of fused-ring (bicyclic) bond motifs is 2. The summed E-state index contributed by atoms with van der Waals surface area (Å²) < 4.78 is 10.7. The second kappa shape index (κ2) is 6.43. The first-order chi connectivity index (χ1) is 11.8. The second-order valence-corrected chi connectivity index (χ2v) is 6.16. The molecule has 0 fully saturated rings. The minimum atomic E-state index is 0.283. The Morgan fingerprint density at radius 1 is 1.08 bits per heavy atom. The molecule has 4 rings (SSSR count). The van der Waals surface area contributed by atoms with Crippen LogP contribution in [0.25, 0.3) is 0 Å². The van der Waals surface area contributed by atoms with Crippen molar-refractivity contribution < 1.29 is 9.47 Å². The van der Waals surface area contributed by atoms with E-state index in [1.807, 2.05) is 18.2 Å². The van der Waals surface area contributed by atoms with Crippen LogP contribution in [0.3, 0.4) is 0 Å². The highest BCUT2D eigenvalue weighted by Gasteiger charge is 2.14. The van der Waals surface area contributed by atoms with Gasteiger partial charge in [0.1, 0.15) is 0 Å². The highest BCUT2D eigenvalue weighted by Crippen LogP contribution is 2.32. The number of nitrogens with zero attached hydrogens (tertiary/aromatic N) is 1. The van der Waals surface area contributed by atoms with Crippen LogP contribution in [0.1, 0.15) is 29.5 Å². The molecule has 0 saturated heterocycles. The van der Waals surface area contributed by atoms with Crippen LogP contribution in [-0.2, 0) is 19.4 Å². The van der Waals surface area contributed by atoms with E-state index in [1.165, 1.54) is 24.0 Å². The predicted octanol–water partition coefficient (Wildman–Crippen LogP) is 3.22. The van der Waals surface area contributed by atoms with Crippen LogP contribution in [0.2, 0.25) is 0 Å². The van der Waals surface area contributed by atoms with Gasteiger partial charge in [0.2, 0.25) is 6.79 Å². The fraction of sp³-hybridized carbons (Fsp3) is 0.316. The number of guanidine groups is 1. The number of rotatable bonds is 3. The van der Waals surface area contributed by atoms with Gasteiger partial charge in [0.25, 0.3) is 0 Å². The lowest BCUT2D eigenvalue weighted by Gasteiger charge is -2.19. The van der Waals surface area contributed by atoms with E-state index in [4.69, 9.17) is 15.2 Å². The highest BCUT2D eigenvalue weighted by atomic mass is 16.7. The molecule has 0 aromatic heterocycles. The molecule has 1 heterocycles. The summed E-state index contributed by atoms with van der Waals surface area (Å²) in [7, 11) is 0. The van der Waals surface area contributed by atoms with E-state index in [2.05, 4.69) is 28.5 Å². The van der Waals surface area contributed by atoms with E-state index in [0.29, 0.717) is 12.5 Å². The Morgan fingerprint density at radius 2 is 1.96 bits per heavy atom. The number of hydrogen-bond acceptors (Lipinski definition) is 3. The monoisotopic (exact) mass is 323 g/mol. The summed E-state index contributed by atoms with van der Waals surface area (Å²) in [5.74, 6) is 1.99. The molecule has 124 valence electrons. The van der Waals surface area contributed by atoms with Crippen LogP contribution in [0, 0.1) is 0 Å². The topological polar surface area (TPSA) is 68.9 Å². The van der Waals surface area contributed by atoms with Crippen LogP contribution in [0.5, 0.6) is 11.5 Å². The molecular weight excluding hydrogens is 302 g/mol. The molecule has 1 aliphatic heterocycles. The van der Waals surface area contributed by atoms with Crippen LogP contribution >= 0.6 is 0 Å². The zero-order valence-electron chi connectivity index (χ0n) is 13.5. The quantitative estimate of drug-likeness (QED) is 0.672. The molecule has 2 aromatic rings. The molecule has 24 heavy (non-hydrogen) atoms. The van der Waals surface area contributed by atoms with Crippen molar-refractivity contribution in [3.63, 3.8) is 0 Å². The Labute approximate surface area is 141 Å². The summed E-state index contributed by atoms with van der Waals surface area (Å²) in [5.41, 5.74) is 11.0. The van der Waals surface area contributed by atoms with Crippen molar-refractivity contribution in [3.05, 3.63) is 53.1 Å². The zero-order valence-corrected chi connectivity index (χ0v) is 13.5. The molecule has 3 N–H and O–H groups in total. The summed E-state index contributed by atoms with van der Waals surface area (Å²) >= 11 is 0. The number of ether oxygens (including phenoxy) is 2. The average Bonchev–Trinajstić information content (AvgIpc) is 3.08. The van der Waals surface area contributed by atoms with Gasteiger partial charge >= 0.3 is 0 Å². The van der Waals surface area contributed by atoms with Gasteiger partial charge in [-0.1, -0.05) is 18.2 Å². The lowest BCUT2D eigenvalue weighted by atomic mass is 9.90. The van der Waals surface area contributed by atoms with Gasteiger partial charge in [0.15, 0.2) is 17.5 Å². The number of benzene rings is 2. The van der Waals surface area contributed by atoms with Crippen molar-refractivity contribution in [3.8, 4) is 11.5 Å². The second-order valence-electron chi connectivity index (χ2n) is 6.16. The maximum atomic E-state index is 6.08. The number of anilines is 1. The Kier molecular flexibility index (Phi) is 3.99. The van der Waals surface area contributed by atoms with Crippen molar-refractivity contribution in [1.29, 1.82) is 0 Å². The molecular formula is C19H21N3O2. The molecule has 0 radical (unpaired) electrons. The third kappa shape index (κ3) is 3.02. The van der Waals surface area contributed by atoms with Crippen LogP contribution in [0.15, 0.2) is 41.4 Å². The number of aliphatic imine (C=N–C) groups is 1. The summed E-state index contributed by atoms with van der Waals surface area (Å²) in [4.78, 5) is 4.45. The van der Waals surface area contributed by atoms with Gasteiger partial charge in [0.05, 0.1) is 6.54 Å². The van der Waals surface area contributed by atoms with Gasteiger partial charge in [-0.15, -0.1) is 0 Å². The van der Waals surface area contributed by atoms with E-state index in [-0.39, 0.29) is 6.79 Å². The van der Waals surface area contributed by atoms with Gasteiger partial charge < -0.3 is 20.5 Å². The van der Waals surface area contributed by atoms with E-state index < -0.39 is 0 Å². The van der Waals surface area contributed by atoms with Gasteiger partial charge in [-0.3, -0.25) is 0 Å². The Balaban J connectivity index is 1.46. The number of nitrogens with two attached hydrogens (primary N) is 1. The minimum Gasteiger partial charge on any atom is -0.454 e. The van der Waals surface area contributed by atoms with Crippen LogP contribution < -0.4 is 20.5 Å². The first kappa shape index (κ1) is 14.9. The van der Waals surface area contributed by atoms with E-state index >= 15 is 0 Å². The molecule has 0 atom stereocenters. The van der Waals surface area contributed by atoms with Crippen LogP contribution in [0.4, 0.5) is 5.69 Å². The maximum absolute atomic E-state index is 6.08. The number of hydrogen-bond donors (Lipinski definition) is 2. The Bertz CT molecular complexity index is 786. The van der Waals surface area contributed by atoms with Gasteiger partial charge in [-0.2, -0.15) is 0 Å². The molecule has 2 aromatic carbocycles. The molecule has 0 amide bonds. The third-order valence-electron chi connectivity index (χ3n) is 4.53. The van der Waals surface area contributed by atoms with Gasteiger partial charge in [-0.05, 0) is 60.6 Å². The van der Waals surface area contributed by atoms with Crippen molar-refractivity contribution in [1.82, 2.24) is 0 Å². The predicted molar refractivity (Wildman–Crippen MR) is 94.6 cm³/mol. The maximum Gasteiger partial charge on any atom is 0.231 e. The Hall–Kier alpha value is -2.69. The normalized spacial score (nSPS) is 15.9. The lowest BCUT2D eigenvalue weighted by molar-refractivity contribution is 0.174. The van der Waals surface area contributed by atoms with Crippen molar-refractivity contribution in [2.45, 2.75) is 32.2 Å². The first-order valence-corrected chi connectivity index (χ1v) is 8.36. The summed E-state index contributed by atoms with van der Waals surface area (Å²) in [6.45, 7) is 0.787. The minimum absolute atomic E-state index is 0.283. The summed E-state index contributed by atoms with van der Waals surface area (Å²) in [5, 5.41) is 3.26. The molecule has 1 aliphatic carbocycles. The van der Waals surface area contributed by atoms with Gasteiger partial charge in [0, 0.05) is 5.69 Å². The largest absolute Gasteiger partial charge is 0.454 e. The summed E-state index contributed by atoms with van der Waals surface area (Å²) in [6, 6.07) is 12.2. The standard InChI is InChI=1S/C19H21N3O2/c20-19(21-11-13-8-9-17-18(10-13)24-12-23-17)22-16-7-3-5-14-4-1-2-6-15(14)16/h3,5,7-10H,1-2,4,6,11-12H2,(H3,20,21,22). The first-order valence-electron chi connectivity index (χ1n) is 8.36. The third-order valence-corrected chi connectivity index (χ3v) is 4.53. The highest BCUT2D eigenvalue weighted by molar-refractivity contribution is 5.93. The lowest BCUT2D eigenvalue weighted by Crippen LogP contribution is -2.24. The van der Waals surface area contributed by atoms with Crippen molar-refractivity contribution in [2.75, 3.05) is 12.1 Å². The molecule has 5 heteroatoms.